The first-order valence-corrected chi connectivity index (χ1v) is 7.80. The Morgan fingerprint density at radius 1 is 1.04 bits per heavy atom. The molecule has 2 rings (SSSR count). The van der Waals surface area contributed by atoms with Crippen LogP contribution < -0.4 is 10.6 Å². The summed E-state index contributed by atoms with van der Waals surface area (Å²) in [6.45, 7) is 5.65. The lowest BCUT2D eigenvalue weighted by Gasteiger charge is -2.37. The van der Waals surface area contributed by atoms with Gasteiger partial charge in [-0.2, -0.15) is 0 Å². The van der Waals surface area contributed by atoms with Gasteiger partial charge in [0, 0.05) is 0 Å². The van der Waals surface area contributed by atoms with Crippen LogP contribution in [0.25, 0.3) is 0 Å². The Kier molecular flexibility index (Phi) is 5.47. The topological polar surface area (TPSA) is 76.7 Å². The second kappa shape index (κ2) is 7.35. The highest BCUT2D eigenvalue weighted by molar-refractivity contribution is 5.70. The number of amides is 2. The van der Waals surface area contributed by atoms with Crippen molar-refractivity contribution in [1.29, 1.82) is 0 Å². The van der Waals surface area contributed by atoms with Gasteiger partial charge >= 0.3 is 12.2 Å². The lowest BCUT2D eigenvalue weighted by atomic mass is 9.86. The van der Waals surface area contributed by atoms with Crippen LogP contribution in [0.2, 0.25) is 0 Å². The van der Waals surface area contributed by atoms with Crippen molar-refractivity contribution < 1.29 is 19.1 Å². The predicted octanol–water partition coefficient (Wildman–Crippen LogP) is 2.97. The molecule has 0 radical (unpaired) electrons. The first-order valence-electron chi connectivity index (χ1n) is 7.80. The van der Waals surface area contributed by atoms with E-state index in [0.29, 0.717) is 0 Å². The molecule has 2 atom stereocenters. The third kappa shape index (κ3) is 5.81. The first kappa shape index (κ1) is 17.1. The number of nitrogens with one attached hydrogen (secondary N) is 2. The van der Waals surface area contributed by atoms with E-state index in [1.54, 1.807) is 0 Å². The largest absolute Gasteiger partial charge is 0.445 e. The Labute approximate surface area is 136 Å². The number of benzene rings is 1. The Morgan fingerprint density at radius 2 is 1.61 bits per heavy atom. The van der Waals surface area contributed by atoms with E-state index < -0.39 is 17.8 Å². The van der Waals surface area contributed by atoms with Crippen molar-refractivity contribution in [3.8, 4) is 0 Å². The second-order valence-corrected chi connectivity index (χ2v) is 6.64. The Morgan fingerprint density at radius 3 is 2.13 bits per heavy atom. The minimum atomic E-state index is -0.536. The number of hydrogen-bond donors (Lipinski definition) is 2. The maximum absolute atomic E-state index is 11.8. The summed E-state index contributed by atoms with van der Waals surface area (Å²) in [6, 6.07) is 9.24. The molecule has 1 aromatic carbocycles. The maximum Gasteiger partial charge on any atom is 0.407 e. The number of hydrogen-bond acceptors (Lipinski definition) is 4. The summed E-state index contributed by atoms with van der Waals surface area (Å²) >= 11 is 0. The van der Waals surface area contributed by atoms with Gasteiger partial charge < -0.3 is 20.1 Å². The molecule has 0 spiro atoms. The summed E-state index contributed by atoms with van der Waals surface area (Å²) in [4.78, 5) is 23.5. The zero-order chi connectivity index (χ0) is 16.9. The molecule has 1 aliphatic carbocycles. The molecule has 1 aromatic rings. The molecular weight excluding hydrogens is 296 g/mol. The fourth-order valence-electron chi connectivity index (χ4n) is 2.22. The molecule has 23 heavy (non-hydrogen) atoms. The second-order valence-electron chi connectivity index (χ2n) is 6.64. The average Bonchev–Trinajstić information content (AvgIpc) is 2.46. The zero-order valence-electron chi connectivity index (χ0n) is 13.8. The van der Waals surface area contributed by atoms with Crippen LogP contribution in [0.3, 0.4) is 0 Å². The van der Waals surface area contributed by atoms with Crippen LogP contribution in [-0.4, -0.2) is 29.9 Å². The fraction of sp³-hybridized carbons (Fsp3) is 0.529. The average molecular weight is 320 g/mol. The fourth-order valence-corrected chi connectivity index (χ4v) is 2.22. The van der Waals surface area contributed by atoms with Gasteiger partial charge in [0.05, 0.1) is 12.1 Å². The van der Waals surface area contributed by atoms with Crippen molar-refractivity contribution in [1.82, 2.24) is 10.6 Å². The summed E-state index contributed by atoms with van der Waals surface area (Å²) in [5, 5.41) is 5.54. The van der Waals surface area contributed by atoms with Gasteiger partial charge in [-0.05, 0) is 39.2 Å². The zero-order valence-corrected chi connectivity index (χ0v) is 13.8. The number of carbonyl (C=O) groups is 2. The molecule has 0 bridgehead atoms. The minimum absolute atomic E-state index is 0.117. The third-order valence-electron chi connectivity index (χ3n) is 3.49. The van der Waals surface area contributed by atoms with E-state index in [-0.39, 0.29) is 18.7 Å². The van der Waals surface area contributed by atoms with Crippen molar-refractivity contribution in [3.63, 3.8) is 0 Å². The van der Waals surface area contributed by atoms with Gasteiger partial charge in [0.2, 0.25) is 0 Å². The Bertz CT molecular complexity index is 539. The van der Waals surface area contributed by atoms with E-state index >= 15 is 0 Å². The molecule has 0 unspecified atom stereocenters. The van der Waals surface area contributed by atoms with E-state index in [9.17, 15) is 9.59 Å². The van der Waals surface area contributed by atoms with Crippen LogP contribution in [-0.2, 0) is 16.1 Å². The molecule has 6 heteroatoms. The van der Waals surface area contributed by atoms with Crippen LogP contribution in [0, 0.1) is 0 Å². The van der Waals surface area contributed by atoms with Crippen molar-refractivity contribution in [2.45, 2.75) is 57.9 Å². The number of alkyl carbamates (subject to hydrolysis) is 2. The predicted molar refractivity (Wildman–Crippen MR) is 85.9 cm³/mol. The molecule has 0 aromatic heterocycles. The van der Waals surface area contributed by atoms with Gasteiger partial charge in [-0.25, -0.2) is 9.59 Å². The van der Waals surface area contributed by atoms with Crippen molar-refractivity contribution in [3.05, 3.63) is 35.9 Å². The highest BCUT2D eigenvalue weighted by atomic mass is 16.6. The van der Waals surface area contributed by atoms with Crippen molar-refractivity contribution >= 4 is 12.2 Å². The van der Waals surface area contributed by atoms with Gasteiger partial charge in [0.15, 0.2) is 0 Å². The van der Waals surface area contributed by atoms with Crippen LogP contribution in [0.4, 0.5) is 9.59 Å². The lowest BCUT2D eigenvalue weighted by Crippen LogP contribution is -2.58. The SMILES string of the molecule is CC(C)(C)OC(=O)N[C@@H]1CC[C@H]1NC(=O)OCc1ccccc1. The summed E-state index contributed by atoms with van der Waals surface area (Å²) in [5.41, 5.74) is 0.394. The molecule has 6 nitrogen and oxygen atoms in total. The highest BCUT2D eigenvalue weighted by Gasteiger charge is 2.34. The van der Waals surface area contributed by atoms with Crippen molar-refractivity contribution in [2.24, 2.45) is 0 Å². The van der Waals surface area contributed by atoms with Gasteiger partial charge in [0.1, 0.15) is 12.2 Å². The number of rotatable bonds is 4. The Balaban J connectivity index is 1.71. The van der Waals surface area contributed by atoms with Crippen LogP contribution in [0.15, 0.2) is 30.3 Å². The monoisotopic (exact) mass is 320 g/mol. The number of carbonyl (C=O) groups excluding carboxylic acids is 2. The van der Waals surface area contributed by atoms with Gasteiger partial charge in [-0.15, -0.1) is 0 Å². The molecule has 2 amide bonds. The van der Waals surface area contributed by atoms with E-state index in [0.717, 1.165) is 18.4 Å². The lowest BCUT2D eigenvalue weighted by molar-refractivity contribution is 0.0450. The smallest absolute Gasteiger partial charge is 0.407 e. The third-order valence-corrected chi connectivity index (χ3v) is 3.49. The van der Waals surface area contributed by atoms with E-state index in [4.69, 9.17) is 9.47 Å². The quantitative estimate of drug-likeness (QED) is 0.894. The van der Waals surface area contributed by atoms with Crippen LogP contribution in [0.5, 0.6) is 0 Å². The molecule has 126 valence electrons. The molecule has 1 fully saturated rings. The van der Waals surface area contributed by atoms with Crippen LogP contribution >= 0.6 is 0 Å². The van der Waals surface area contributed by atoms with Gasteiger partial charge in [0.25, 0.3) is 0 Å². The minimum Gasteiger partial charge on any atom is -0.445 e. The maximum atomic E-state index is 11.8. The Hall–Kier alpha value is -2.24. The number of ether oxygens (including phenoxy) is 2. The molecule has 1 aliphatic rings. The molecular formula is C17H24N2O4. The molecule has 0 aliphatic heterocycles. The van der Waals surface area contributed by atoms with Gasteiger partial charge in [-0.1, -0.05) is 30.3 Å². The van der Waals surface area contributed by atoms with Crippen LogP contribution in [0.1, 0.15) is 39.2 Å². The molecule has 0 heterocycles. The molecule has 1 saturated carbocycles. The summed E-state index contributed by atoms with van der Waals surface area (Å²) in [7, 11) is 0. The summed E-state index contributed by atoms with van der Waals surface area (Å²) < 4.78 is 10.4. The van der Waals surface area contributed by atoms with E-state index in [1.165, 1.54) is 0 Å². The molecule has 0 saturated heterocycles. The first-order chi connectivity index (χ1) is 10.8. The van der Waals surface area contributed by atoms with E-state index in [2.05, 4.69) is 10.6 Å². The summed E-state index contributed by atoms with van der Waals surface area (Å²) in [6.07, 6.45) is 0.672. The normalized spacial score (nSPS) is 20.1. The van der Waals surface area contributed by atoms with Gasteiger partial charge in [-0.3, -0.25) is 0 Å². The summed E-state index contributed by atoms with van der Waals surface area (Å²) in [5.74, 6) is 0. The van der Waals surface area contributed by atoms with E-state index in [1.807, 2.05) is 51.1 Å². The highest BCUT2D eigenvalue weighted by Crippen LogP contribution is 2.21. The van der Waals surface area contributed by atoms with Crippen molar-refractivity contribution in [2.75, 3.05) is 0 Å². The molecule has 2 N–H and O–H groups in total. The standard InChI is InChI=1S/C17H24N2O4/c1-17(2,3)23-16(21)19-14-10-9-13(14)18-15(20)22-11-12-7-5-4-6-8-12/h4-8,13-14H,9-11H2,1-3H3,(H,18,20)(H,19,21)/t13-,14-/m1/s1.